The highest BCUT2D eigenvalue weighted by Gasteiger charge is 2.37. The van der Waals surface area contributed by atoms with Crippen LogP contribution in [0.2, 0.25) is 0 Å². The van der Waals surface area contributed by atoms with E-state index in [-0.39, 0.29) is 17.7 Å². The van der Waals surface area contributed by atoms with E-state index in [9.17, 15) is 14.4 Å². The van der Waals surface area contributed by atoms with Crippen LogP contribution < -0.4 is 10.6 Å². The van der Waals surface area contributed by atoms with Crippen molar-refractivity contribution >= 4 is 29.1 Å². The second-order valence-corrected chi connectivity index (χ2v) is 9.67. The third-order valence-corrected chi connectivity index (χ3v) is 7.20. The van der Waals surface area contributed by atoms with Crippen molar-refractivity contribution in [3.05, 3.63) is 76.9 Å². The van der Waals surface area contributed by atoms with E-state index in [4.69, 9.17) is 0 Å². The van der Waals surface area contributed by atoms with Crippen LogP contribution in [0.15, 0.2) is 60.1 Å². The average molecular weight is 491 g/mol. The lowest BCUT2D eigenvalue weighted by atomic mass is 10.0. The van der Waals surface area contributed by atoms with Gasteiger partial charge in [-0.05, 0) is 36.5 Å². The highest BCUT2D eigenvalue weighted by atomic mass is 32.1. The van der Waals surface area contributed by atoms with E-state index in [1.54, 1.807) is 16.2 Å². The van der Waals surface area contributed by atoms with Crippen molar-refractivity contribution in [1.82, 2.24) is 20.5 Å². The quantitative estimate of drug-likeness (QED) is 0.506. The fourth-order valence-electron chi connectivity index (χ4n) is 4.46. The van der Waals surface area contributed by atoms with Crippen LogP contribution in [-0.2, 0) is 27.3 Å². The lowest BCUT2D eigenvalue weighted by Gasteiger charge is -2.28. The second kappa shape index (κ2) is 11.3. The Kier molecular flexibility index (Phi) is 7.92. The summed E-state index contributed by atoms with van der Waals surface area (Å²) in [4.78, 5) is 45.3. The summed E-state index contributed by atoms with van der Waals surface area (Å²) in [6.45, 7) is 4.29. The molecule has 1 aliphatic heterocycles. The van der Waals surface area contributed by atoms with E-state index >= 15 is 0 Å². The van der Waals surface area contributed by atoms with Crippen LogP contribution in [-0.4, -0.2) is 46.2 Å². The molecular weight excluding hydrogens is 460 g/mol. The van der Waals surface area contributed by atoms with Crippen LogP contribution in [0.4, 0.5) is 0 Å². The number of benzene rings is 2. The molecule has 3 amide bonds. The summed E-state index contributed by atoms with van der Waals surface area (Å²) in [6, 6.07) is 16.4. The molecule has 0 radical (unpaired) electrons. The van der Waals surface area contributed by atoms with Crippen molar-refractivity contribution in [2.75, 3.05) is 6.54 Å². The number of hydrogen-bond acceptors (Lipinski definition) is 5. The molecule has 0 aliphatic carbocycles. The van der Waals surface area contributed by atoms with Crippen molar-refractivity contribution in [2.45, 2.75) is 51.7 Å². The van der Waals surface area contributed by atoms with E-state index < -0.39 is 12.1 Å². The molecule has 1 fully saturated rings. The van der Waals surface area contributed by atoms with Crippen molar-refractivity contribution < 1.29 is 14.4 Å². The molecule has 0 bridgehead atoms. The maximum absolute atomic E-state index is 13.4. The summed E-state index contributed by atoms with van der Waals surface area (Å²) in [6.07, 6.45) is 1.75. The van der Waals surface area contributed by atoms with Gasteiger partial charge in [-0.3, -0.25) is 14.4 Å². The van der Waals surface area contributed by atoms with E-state index in [1.807, 2.05) is 67.0 Å². The number of carbonyl (C=O) groups excluding carboxylic acids is 3. The predicted octanol–water partition coefficient (Wildman–Crippen LogP) is 3.47. The van der Waals surface area contributed by atoms with Crippen molar-refractivity contribution in [1.29, 1.82) is 0 Å². The molecule has 1 aliphatic rings. The Bertz CT molecular complexity index is 1180. The number of likely N-dealkylation sites (tertiary alicyclic amines) is 1. The smallest absolute Gasteiger partial charge is 0.246 e. The Labute approximate surface area is 209 Å². The minimum atomic E-state index is -0.703. The first-order valence-corrected chi connectivity index (χ1v) is 12.7. The summed E-state index contributed by atoms with van der Waals surface area (Å²) in [5.41, 5.74) is 5.89. The molecule has 3 aromatic rings. The van der Waals surface area contributed by atoms with Gasteiger partial charge in [-0.15, -0.1) is 11.3 Å². The highest BCUT2D eigenvalue weighted by Crippen LogP contribution is 2.27. The minimum absolute atomic E-state index is 0.167. The number of thiazole rings is 1. The van der Waals surface area contributed by atoms with Gasteiger partial charge in [0.05, 0.1) is 16.1 Å². The van der Waals surface area contributed by atoms with Gasteiger partial charge in [0.1, 0.15) is 12.1 Å². The largest absolute Gasteiger partial charge is 0.350 e. The normalized spacial score (nSPS) is 16.1. The van der Waals surface area contributed by atoms with E-state index in [1.165, 1.54) is 6.92 Å². The molecule has 2 heterocycles. The Morgan fingerprint density at radius 3 is 2.49 bits per heavy atom. The molecule has 0 saturated carbocycles. The lowest BCUT2D eigenvalue weighted by molar-refractivity contribution is -0.141. The number of nitrogens with one attached hydrogen (secondary N) is 2. The standard InChI is InChI=1S/C27H30N4O3S/c1-18-25(35-17-29-18)22-12-10-21(11-13-22)16-28-26(33)24-9-6-14-31(24)27(34)23(30-19(2)32)15-20-7-4-3-5-8-20/h3-5,7-8,10-13,17,23-24H,6,9,14-16H2,1-2H3,(H,28,33)(H,30,32)/t23-,24-/m0/s1. The number of amides is 3. The first kappa shape index (κ1) is 24.6. The average Bonchev–Trinajstić information content (AvgIpc) is 3.52. The van der Waals surface area contributed by atoms with Crippen molar-refractivity contribution in [3.8, 4) is 10.4 Å². The monoisotopic (exact) mass is 490 g/mol. The molecule has 2 N–H and O–H groups in total. The zero-order valence-electron chi connectivity index (χ0n) is 20.0. The summed E-state index contributed by atoms with van der Waals surface area (Å²) < 4.78 is 0. The van der Waals surface area contributed by atoms with Crippen LogP contribution in [0.25, 0.3) is 10.4 Å². The summed E-state index contributed by atoms with van der Waals surface area (Å²) in [7, 11) is 0. The minimum Gasteiger partial charge on any atom is -0.350 e. The molecule has 0 unspecified atom stereocenters. The van der Waals surface area contributed by atoms with Crippen LogP contribution in [0, 0.1) is 6.92 Å². The summed E-state index contributed by atoms with van der Waals surface area (Å²) in [5, 5.41) is 5.77. The molecule has 182 valence electrons. The third kappa shape index (κ3) is 6.14. The van der Waals surface area contributed by atoms with Crippen LogP contribution in [0.1, 0.15) is 36.6 Å². The van der Waals surface area contributed by atoms with Gasteiger partial charge in [-0.1, -0.05) is 54.6 Å². The number of aryl methyl sites for hydroxylation is 1. The Hall–Kier alpha value is -3.52. The highest BCUT2D eigenvalue weighted by molar-refractivity contribution is 7.13. The van der Waals surface area contributed by atoms with Crippen LogP contribution in [0.5, 0.6) is 0 Å². The summed E-state index contributed by atoms with van der Waals surface area (Å²) in [5.74, 6) is -0.651. The van der Waals surface area contributed by atoms with Gasteiger partial charge in [-0.25, -0.2) is 4.98 Å². The predicted molar refractivity (Wildman–Crippen MR) is 137 cm³/mol. The third-order valence-electron chi connectivity index (χ3n) is 6.23. The van der Waals surface area contributed by atoms with Crippen molar-refractivity contribution in [2.24, 2.45) is 0 Å². The topological polar surface area (TPSA) is 91.4 Å². The fourth-order valence-corrected chi connectivity index (χ4v) is 5.27. The molecule has 2 aromatic carbocycles. The number of carbonyl (C=O) groups is 3. The number of rotatable bonds is 8. The van der Waals surface area contributed by atoms with Crippen molar-refractivity contribution in [3.63, 3.8) is 0 Å². The van der Waals surface area contributed by atoms with Gasteiger partial charge in [0.2, 0.25) is 17.7 Å². The molecular formula is C27H30N4O3S. The Morgan fingerprint density at radius 1 is 1.09 bits per heavy atom. The maximum Gasteiger partial charge on any atom is 0.246 e. The number of hydrogen-bond donors (Lipinski definition) is 2. The molecule has 2 atom stereocenters. The van der Waals surface area contributed by atoms with E-state index in [2.05, 4.69) is 15.6 Å². The molecule has 8 heteroatoms. The van der Waals surface area contributed by atoms with Gasteiger partial charge >= 0.3 is 0 Å². The van der Waals surface area contributed by atoms with Gasteiger partial charge in [-0.2, -0.15) is 0 Å². The fraction of sp³-hybridized carbons (Fsp3) is 0.333. The molecule has 0 spiro atoms. The van der Waals surface area contributed by atoms with Gasteiger partial charge < -0.3 is 15.5 Å². The Balaban J connectivity index is 1.38. The lowest BCUT2D eigenvalue weighted by Crippen LogP contribution is -2.53. The van der Waals surface area contributed by atoms with Gasteiger partial charge in [0, 0.05) is 26.4 Å². The first-order chi connectivity index (χ1) is 16.9. The molecule has 4 rings (SSSR count). The van der Waals surface area contributed by atoms with Crippen LogP contribution in [0.3, 0.4) is 0 Å². The van der Waals surface area contributed by atoms with E-state index in [0.29, 0.717) is 25.9 Å². The van der Waals surface area contributed by atoms with Gasteiger partial charge in [0.15, 0.2) is 0 Å². The molecule has 35 heavy (non-hydrogen) atoms. The number of aromatic nitrogens is 1. The van der Waals surface area contributed by atoms with Crippen LogP contribution >= 0.6 is 11.3 Å². The summed E-state index contributed by atoms with van der Waals surface area (Å²) >= 11 is 1.61. The van der Waals surface area contributed by atoms with Gasteiger partial charge in [0.25, 0.3) is 0 Å². The van der Waals surface area contributed by atoms with E-state index in [0.717, 1.165) is 33.7 Å². The molecule has 1 saturated heterocycles. The maximum atomic E-state index is 13.4. The second-order valence-electron chi connectivity index (χ2n) is 8.81. The number of nitrogens with zero attached hydrogens (tertiary/aromatic N) is 2. The first-order valence-electron chi connectivity index (χ1n) is 11.8. The SMILES string of the molecule is CC(=O)N[C@@H](Cc1ccccc1)C(=O)N1CCC[C@H]1C(=O)NCc1ccc(-c2scnc2C)cc1. The zero-order valence-corrected chi connectivity index (χ0v) is 20.8. The molecule has 1 aromatic heterocycles. The zero-order chi connectivity index (χ0) is 24.8. The molecule has 7 nitrogen and oxygen atoms in total. The Morgan fingerprint density at radius 2 is 1.83 bits per heavy atom.